The second-order valence-corrected chi connectivity index (χ2v) is 5.09. The van der Waals surface area contributed by atoms with Crippen molar-refractivity contribution in [3.63, 3.8) is 0 Å². The predicted molar refractivity (Wildman–Crippen MR) is 60.0 cm³/mol. The molecule has 0 aromatic carbocycles. The zero-order valence-electron chi connectivity index (χ0n) is 9.62. The van der Waals surface area contributed by atoms with Gasteiger partial charge in [-0.15, -0.1) is 0 Å². The highest BCUT2D eigenvalue weighted by Crippen LogP contribution is 2.15. The van der Waals surface area contributed by atoms with Gasteiger partial charge in [-0.3, -0.25) is 4.98 Å². The zero-order chi connectivity index (χ0) is 10.6. The van der Waals surface area contributed by atoms with Gasteiger partial charge in [-0.05, 0) is 30.2 Å². The molecule has 1 heterocycles. The van der Waals surface area contributed by atoms with Gasteiger partial charge in [-0.25, -0.2) is 0 Å². The summed E-state index contributed by atoms with van der Waals surface area (Å²) in [5, 5.41) is 0. The normalized spacial score (nSPS) is 12.1. The molecule has 2 nitrogen and oxygen atoms in total. The molecule has 0 spiro atoms. The minimum atomic E-state index is 0.363. The summed E-state index contributed by atoms with van der Waals surface area (Å²) in [7, 11) is 2.16. The fourth-order valence-corrected chi connectivity index (χ4v) is 1.67. The first-order valence-corrected chi connectivity index (χ1v) is 5.05. The standard InChI is InChI=1S/C12H20N2/c1-12(2,3)10-14(4)9-11-5-7-13-8-6-11/h5-8H,9-10H2,1-4H3. The van der Waals surface area contributed by atoms with Crippen molar-refractivity contribution < 1.29 is 0 Å². The number of rotatable bonds is 3. The third kappa shape index (κ3) is 4.38. The molecule has 0 aliphatic heterocycles. The van der Waals surface area contributed by atoms with Crippen LogP contribution < -0.4 is 0 Å². The topological polar surface area (TPSA) is 16.1 Å². The van der Waals surface area contributed by atoms with E-state index in [4.69, 9.17) is 0 Å². The van der Waals surface area contributed by atoms with Crippen LogP contribution in [0.1, 0.15) is 26.3 Å². The molecule has 0 aliphatic carbocycles. The monoisotopic (exact) mass is 192 g/mol. The van der Waals surface area contributed by atoms with Gasteiger partial charge in [0, 0.05) is 25.5 Å². The fraction of sp³-hybridized carbons (Fsp3) is 0.583. The van der Waals surface area contributed by atoms with Crippen LogP contribution in [0.4, 0.5) is 0 Å². The Balaban J connectivity index is 2.46. The van der Waals surface area contributed by atoms with Gasteiger partial charge in [-0.2, -0.15) is 0 Å². The number of hydrogen-bond donors (Lipinski definition) is 0. The fourth-order valence-electron chi connectivity index (χ4n) is 1.67. The van der Waals surface area contributed by atoms with E-state index in [-0.39, 0.29) is 0 Å². The van der Waals surface area contributed by atoms with Crippen LogP contribution in [0.5, 0.6) is 0 Å². The maximum atomic E-state index is 4.01. The highest BCUT2D eigenvalue weighted by atomic mass is 15.1. The van der Waals surface area contributed by atoms with E-state index < -0.39 is 0 Å². The van der Waals surface area contributed by atoms with Gasteiger partial charge < -0.3 is 4.90 Å². The van der Waals surface area contributed by atoms with Crippen molar-refractivity contribution in [2.24, 2.45) is 5.41 Å². The first-order valence-electron chi connectivity index (χ1n) is 5.05. The molecule has 1 aromatic heterocycles. The Morgan fingerprint density at radius 2 is 1.79 bits per heavy atom. The molecule has 0 unspecified atom stereocenters. The lowest BCUT2D eigenvalue weighted by molar-refractivity contribution is 0.221. The first kappa shape index (κ1) is 11.2. The summed E-state index contributed by atoms with van der Waals surface area (Å²) in [5.74, 6) is 0. The number of hydrogen-bond acceptors (Lipinski definition) is 2. The minimum absolute atomic E-state index is 0.363. The molecule has 0 fully saturated rings. The molecule has 2 heteroatoms. The van der Waals surface area contributed by atoms with Crippen LogP contribution in [0, 0.1) is 5.41 Å². The zero-order valence-corrected chi connectivity index (χ0v) is 9.62. The average molecular weight is 192 g/mol. The number of aromatic nitrogens is 1. The van der Waals surface area contributed by atoms with Crippen molar-refractivity contribution in [2.75, 3.05) is 13.6 Å². The number of pyridine rings is 1. The van der Waals surface area contributed by atoms with Gasteiger partial charge in [0.25, 0.3) is 0 Å². The van der Waals surface area contributed by atoms with Crippen molar-refractivity contribution in [3.05, 3.63) is 30.1 Å². The van der Waals surface area contributed by atoms with Crippen molar-refractivity contribution in [2.45, 2.75) is 27.3 Å². The summed E-state index contributed by atoms with van der Waals surface area (Å²) in [4.78, 5) is 6.35. The third-order valence-electron chi connectivity index (χ3n) is 1.95. The van der Waals surface area contributed by atoms with Crippen LogP contribution in [0.3, 0.4) is 0 Å². The molecular formula is C12H20N2. The molecule has 1 rings (SSSR count). The number of nitrogens with zero attached hydrogens (tertiary/aromatic N) is 2. The summed E-state index contributed by atoms with van der Waals surface area (Å²) in [5.41, 5.74) is 1.69. The Hall–Kier alpha value is -0.890. The average Bonchev–Trinajstić information content (AvgIpc) is 2.02. The lowest BCUT2D eigenvalue weighted by Crippen LogP contribution is -2.28. The molecule has 14 heavy (non-hydrogen) atoms. The quantitative estimate of drug-likeness (QED) is 0.731. The van der Waals surface area contributed by atoms with E-state index in [0.717, 1.165) is 13.1 Å². The molecule has 0 saturated heterocycles. The highest BCUT2D eigenvalue weighted by molar-refractivity contribution is 5.09. The van der Waals surface area contributed by atoms with E-state index in [0.29, 0.717) is 5.41 Å². The SMILES string of the molecule is CN(Cc1ccncc1)CC(C)(C)C. The highest BCUT2D eigenvalue weighted by Gasteiger charge is 2.13. The van der Waals surface area contributed by atoms with E-state index in [1.165, 1.54) is 5.56 Å². The summed E-state index contributed by atoms with van der Waals surface area (Å²) < 4.78 is 0. The Bertz CT molecular complexity index is 261. The van der Waals surface area contributed by atoms with E-state index >= 15 is 0 Å². The molecule has 0 atom stereocenters. The molecule has 0 amide bonds. The van der Waals surface area contributed by atoms with Crippen LogP contribution in [-0.2, 0) is 6.54 Å². The van der Waals surface area contributed by atoms with Gasteiger partial charge in [0.15, 0.2) is 0 Å². The first-order chi connectivity index (χ1) is 6.47. The Morgan fingerprint density at radius 1 is 1.21 bits per heavy atom. The van der Waals surface area contributed by atoms with Gasteiger partial charge in [0.2, 0.25) is 0 Å². The smallest absolute Gasteiger partial charge is 0.0271 e. The van der Waals surface area contributed by atoms with Crippen LogP contribution in [0.25, 0.3) is 0 Å². The van der Waals surface area contributed by atoms with Gasteiger partial charge in [0.1, 0.15) is 0 Å². The summed E-state index contributed by atoms with van der Waals surface area (Å²) >= 11 is 0. The van der Waals surface area contributed by atoms with Crippen LogP contribution in [0.2, 0.25) is 0 Å². The molecule has 0 N–H and O–H groups in total. The van der Waals surface area contributed by atoms with Gasteiger partial charge >= 0.3 is 0 Å². The molecule has 0 saturated carbocycles. The lowest BCUT2D eigenvalue weighted by atomic mass is 9.96. The van der Waals surface area contributed by atoms with E-state index in [1.54, 1.807) is 0 Å². The minimum Gasteiger partial charge on any atom is -0.302 e. The van der Waals surface area contributed by atoms with Crippen LogP contribution in [-0.4, -0.2) is 23.5 Å². The Morgan fingerprint density at radius 3 is 2.29 bits per heavy atom. The second kappa shape index (κ2) is 4.56. The third-order valence-corrected chi connectivity index (χ3v) is 1.95. The van der Waals surface area contributed by atoms with Crippen molar-refractivity contribution in [1.29, 1.82) is 0 Å². The van der Waals surface area contributed by atoms with Crippen molar-refractivity contribution >= 4 is 0 Å². The Kier molecular flexibility index (Phi) is 3.64. The molecule has 1 aromatic rings. The lowest BCUT2D eigenvalue weighted by Gasteiger charge is -2.26. The largest absolute Gasteiger partial charge is 0.302 e. The van der Waals surface area contributed by atoms with E-state index in [1.807, 2.05) is 12.4 Å². The summed E-state index contributed by atoms with van der Waals surface area (Å²) in [6, 6.07) is 4.14. The van der Waals surface area contributed by atoms with E-state index in [2.05, 4.69) is 49.8 Å². The van der Waals surface area contributed by atoms with Crippen LogP contribution in [0.15, 0.2) is 24.5 Å². The van der Waals surface area contributed by atoms with E-state index in [9.17, 15) is 0 Å². The summed E-state index contributed by atoms with van der Waals surface area (Å²) in [6.07, 6.45) is 3.69. The predicted octanol–water partition coefficient (Wildman–Crippen LogP) is 2.56. The van der Waals surface area contributed by atoms with Crippen molar-refractivity contribution in [3.8, 4) is 0 Å². The van der Waals surface area contributed by atoms with Gasteiger partial charge in [0.05, 0.1) is 0 Å². The molecule has 0 radical (unpaired) electrons. The summed E-state index contributed by atoms with van der Waals surface area (Å²) in [6.45, 7) is 8.89. The molecule has 0 bridgehead atoms. The van der Waals surface area contributed by atoms with Crippen molar-refractivity contribution in [1.82, 2.24) is 9.88 Å². The maximum Gasteiger partial charge on any atom is 0.0271 e. The molecule has 0 aliphatic rings. The Labute approximate surface area is 87.0 Å². The maximum absolute atomic E-state index is 4.01. The van der Waals surface area contributed by atoms with Crippen LogP contribution >= 0.6 is 0 Å². The molecule has 78 valence electrons. The second-order valence-electron chi connectivity index (χ2n) is 5.09. The van der Waals surface area contributed by atoms with Gasteiger partial charge in [-0.1, -0.05) is 20.8 Å². The molecular weight excluding hydrogens is 172 g/mol.